The van der Waals surface area contributed by atoms with Crippen LogP contribution in [0, 0.1) is 0 Å². The predicted molar refractivity (Wildman–Crippen MR) is 62.3 cm³/mol. The molecule has 2 rings (SSSR count). The monoisotopic (exact) mass is 226 g/mol. The van der Waals surface area contributed by atoms with Crippen LogP contribution in [0.4, 0.5) is 0 Å². The Morgan fingerprint density at radius 3 is 3.06 bits per heavy atom. The Morgan fingerprint density at radius 2 is 2.44 bits per heavy atom. The number of carbonyl (C=O) groups is 1. The molecule has 2 fully saturated rings. The maximum atomic E-state index is 11.4. The van der Waals surface area contributed by atoms with Gasteiger partial charge < -0.3 is 15.0 Å². The Morgan fingerprint density at radius 1 is 1.56 bits per heavy atom. The molecule has 0 saturated carbocycles. The van der Waals surface area contributed by atoms with E-state index in [4.69, 9.17) is 4.74 Å². The molecule has 0 aliphatic carbocycles. The van der Waals surface area contributed by atoms with Gasteiger partial charge in [-0.3, -0.25) is 4.79 Å². The number of hydrogen-bond acceptors (Lipinski definition) is 3. The fraction of sp³-hybridized carbons (Fsp3) is 0.917. The first-order chi connectivity index (χ1) is 7.75. The molecule has 16 heavy (non-hydrogen) atoms. The molecule has 0 spiro atoms. The van der Waals surface area contributed by atoms with Crippen LogP contribution in [0.2, 0.25) is 0 Å². The Bertz CT molecular complexity index is 239. The van der Waals surface area contributed by atoms with Crippen molar-refractivity contribution in [2.75, 3.05) is 26.2 Å². The molecule has 2 heterocycles. The molecular formula is C12H22N2O2. The third kappa shape index (κ3) is 3.19. The summed E-state index contributed by atoms with van der Waals surface area (Å²) >= 11 is 0. The lowest BCUT2D eigenvalue weighted by Gasteiger charge is -2.22. The summed E-state index contributed by atoms with van der Waals surface area (Å²) in [5.41, 5.74) is 0. The quantitative estimate of drug-likeness (QED) is 0.752. The van der Waals surface area contributed by atoms with Crippen LogP contribution < -0.4 is 5.32 Å². The summed E-state index contributed by atoms with van der Waals surface area (Å²) in [6.45, 7) is 5.74. The molecule has 4 nitrogen and oxygen atoms in total. The van der Waals surface area contributed by atoms with Crippen LogP contribution in [0.3, 0.4) is 0 Å². The predicted octanol–water partition coefficient (Wildman–Crippen LogP) is 0.766. The summed E-state index contributed by atoms with van der Waals surface area (Å²) in [4.78, 5) is 13.4. The highest BCUT2D eigenvalue weighted by molar-refractivity contribution is 5.78. The first kappa shape index (κ1) is 11.9. The van der Waals surface area contributed by atoms with E-state index in [9.17, 15) is 4.79 Å². The Labute approximate surface area is 97.3 Å². The van der Waals surface area contributed by atoms with Crippen LogP contribution in [0.1, 0.15) is 32.6 Å². The van der Waals surface area contributed by atoms with Crippen LogP contribution in [0.15, 0.2) is 0 Å². The van der Waals surface area contributed by atoms with Crippen molar-refractivity contribution < 1.29 is 9.53 Å². The van der Waals surface area contributed by atoms with Crippen molar-refractivity contribution >= 4 is 5.91 Å². The van der Waals surface area contributed by atoms with Crippen LogP contribution in [-0.4, -0.2) is 49.2 Å². The van der Waals surface area contributed by atoms with Crippen LogP contribution in [0.25, 0.3) is 0 Å². The standard InChI is InChI=1S/C12H22N2O2/c1-10(9-14-6-2-5-12(14)15)13-8-11-4-3-7-16-11/h10-11,13H,2-9H2,1H3. The lowest BCUT2D eigenvalue weighted by atomic mass is 10.2. The number of ether oxygens (including phenoxy) is 1. The van der Waals surface area contributed by atoms with Crippen molar-refractivity contribution in [1.82, 2.24) is 10.2 Å². The second-order valence-corrected chi connectivity index (χ2v) is 4.89. The molecule has 0 aromatic heterocycles. The van der Waals surface area contributed by atoms with Gasteiger partial charge in [0, 0.05) is 38.7 Å². The molecule has 2 aliphatic heterocycles. The molecule has 2 atom stereocenters. The zero-order valence-corrected chi connectivity index (χ0v) is 10.1. The molecule has 92 valence electrons. The largest absolute Gasteiger partial charge is 0.377 e. The highest BCUT2D eigenvalue weighted by Crippen LogP contribution is 2.12. The fourth-order valence-corrected chi connectivity index (χ4v) is 2.43. The van der Waals surface area contributed by atoms with Gasteiger partial charge in [-0.1, -0.05) is 0 Å². The number of amides is 1. The van der Waals surface area contributed by atoms with Gasteiger partial charge in [0.1, 0.15) is 0 Å². The topological polar surface area (TPSA) is 41.6 Å². The number of rotatable bonds is 5. The van der Waals surface area contributed by atoms with E-state index in [1.165, 1.54) is 12.8 Å². The Balaban J connectivity index is 1.63. The number of hydrogen-bond donors (Lipinski definition) is 1. The normalized spacial score (nSPS) is 27.7. The molecule has 2 unspecified atom stereocenters. The second-order valence-electron chi connectivity index (χ2n) is 4.89. The van der Waals surface area contributed by atoms with E-state index in [2.05, 4.69) is 12.2 Å². The van der Waals surface area contributed by atoms with E-state index < -0.39 is 0 Å². The highest BCUT2D eigenvalue weighted by atomic mass is 16.5. The van der Waals surface area contributed by atoms with Gasteiger partial charge in [0.05, 0.1) is 6.10 Å². The number of nitrogens with zero attached hydrogens (tertiary/aromatic N) is 1. The van der Waals surface area contributed by atoms with Crippen molar-refractivity contribution in [1.29, 1.82) is 0 Å². The molecule has 0 radical (unpaired) electrons. The number of carbonyl (C=O) groups excluding carboxylic acids is 1. The number of likely N-dealkylation sites (tertiary alicyclic amines) is 1. The van der Waals surface area contributed by atoms with Gasteiger partial charge in [0.15, 0.2) is 0 Å². The molecule has 1 amide bonds. The molecule has 2 saturated heterocycles. The summed E-state index contributed by atoms with van der Waals surface area (Å²) in [6.07, 6.45) is 4.50. The van der Waals surface area contributed by atoms with E-state index in [0.717, 1.165) is 39.1 Å². The first-order valence-electron chi connectivity index (χ1n) is 6.38. The lowest BCUT2D eigenvalue weighted by molar-refractivity contribution is -0.127. The summed E-state index contributed by atoms with van der Waals surface area (Å²) in [7, 11) is 0. The van der Waals surface area contributed by atoms with E-state index in [0.29, 0.717) is 18.1 Å². The number of nitrogens with one attached hydrogen (secondary N) is 1. The smallest absolute Gasteiger partial charge is 0.222 e. The van der Waals surface area contributed by atoms with Crippen molar-refractivity contribution in [2.24, 2.45) is 0 Å². The highest BCUT2D eigenvalue weighted by Gasteiger charge is 2.22. The van der Waals surface area contributed by atoms with Gasteiger partial charge in [0.25, 0.3) is 0 Å². The average Bonchev–Trinajstić information content (AvgIpc) is 2.88. The zero-order valence-electron chi connectivity index (χ0n) is 10.1. The van der Waals surface area contributed by atoms with Gasteiger partial charge in [-0.05, 0) is 26.2 Å². The molecular weight excluding hydrogens is 204 g/mol. The van der Waals surface area contributed by atoms with Crippen molar-refractivity contribution in [3.05, 3.63) is 0 Å². The van der Waals surface area contributed by atoms with Gasteiger partial charge in [0.2, 0.25) is 5.91 Å². The van der Waals surface area contributed by atoms with Crippen molar-refractivity contribution in [3.63, 3.8) is 0 Å². The minimum atomic E-state index is 0.311. The Kier molecular flexibility index (Phi) is 4.18. The summed E-state index contributed by atoms with van der Waals surface area (Å²) in [5.74, 6) is 0.311. The maximum Gasteiger partial charge on any atom is 0.222 e. The van der Waals surface area contributed by atoms with Crippen LogP contribution in [0.5, 0.6) is 0 Å². The van der Waals surface area contributed by atoms with Crippen molar-refractivity contribution in [3.8, 4) is 0 Å². The second kappa shape index (κ2) is 5.64. The summed E-state index contributed by atoms with van der Waals surface area (Å²) in [6, 6.07) is 0.367. The average molecular weight is 226 g/mol. The molecule has 0 aromatic rings. The van der Waals surface area contributed by atoms with E-state index in [1.54, 1.807) is 0 Å². The van der Waals surface area contributed by atoms with E-state index in [1.807, 2.05) is 4.90 Å². The third-order valence-corrected chi connectivity index (χ3v) is 3.38. The fourth-order valence-electron chi connectivity index (χ4n) is 2.43. The maximum absolute atomic E-state index is 11.4. The summed E-state index contributed by atoms with van der Waals surface area (Å²) in [5, 5.41) is 3.45. The van der Waals surface area contributed by atoms with Gasteiger partial charge in [-0.15, -0.1) is 0 Å². The van der Waals surface area contributed by atoms with E-state index >= 15 is 0 Å². The zero-order chi connectivity index (χ0) is 11.4. The minimum Gasteiger partial charge on any atom is -0.377 e. The van der Waals surface area contributed by atoms with Gasteiger partial charge in [-0.25, -0.2) is 0 Å². The van der Waals surface area contributed by atoms with E-state index in [-0.39, 0.29) is 0 Å². The van der Waals surface area contributed by atoms with Crippen LogP contribution in [-0.2, 0) is 9.53 Å². The van der Waals surface area contributed by atoms with Gasteiger partial charge >= 0.3 is 0 Å². The molecule has 2 aliphatic rings. The summed E-state index contributed by atoms with van der Waals surface area (Å²) < 4.78 is 5.55. The molecule has 1 N–H and O–H groups in total. The van der Waals surface area contributed by atoms with Crippen LogP contribution >= 0.6 is 0 Å². The SMILES string of the molecule is CC(CN1CCCC1=O)NCC1CCCO1. The van der Waals surface area contributed by atoms with Crippen molar-refractivity contribution in [2.45, 2.75) is 44.8 Å². The minimum absolute atomic E-state index is 0.311. The molecule has 4 heteroatoms. The molecule has 0 bridgehead atoms. The lowest BCUT2D eigenvalue weighted by Crippen LogP contribution is -2.42. The third-order valence-electron chi connectivity index (χ3n) is 3.38. The van der Waals surface area contributed by atoms with Gasteiger partial charge in [-0.2, -0.15) is 0 Å². The Hall–Kier alpha value is -0.610. The molecule has 0 aromatic carbocycles. The first-order valence-corrected chi connectivity index (χ1v) is 6.38.